The van der Waals surface area contributed by atoms with E-state index in [1.165, 1.54) is 23.1 Å². The molecule has 2 aromatic carbocycles. The van der Waals surface area contributed by atoms with Crippen LogP contribution in [0.5, 0.6) is 0 Å². The lowest BCUT2D eigenvalue weighted by molar-refractivity contribution is -0.113. The van der Waals surface area contributed by atoms with Crippen molar-refractivity contribution in [1.29, 1.82) is 0 Å². The van der Waals surface area contributed by atoms with Gasteiger partial charge in [0, 0.05) is 12.1 Å². The maximum Gasteiger partial charge on any atom is 0.252 e. The Morgan fingerprint density at radius 1 is 1.18 bits per heavy atom. The molecular formula is C24H24N6O2S2. The maximum atomic E-state index is 12.7. The lowest BCUT2D eigenvalue weighted by atomic mass is 10.1. The topological polar surface area (TPSA) is 102 Å². The number of rotatable bonds is 9. The Labute approximate surface area is 205 Å². The Balaban J connectivity index is 1.41. The highest BCUT2D eigenvalue weighted by Gasteiger charge is 2.21. The van der Waals surface area contributed by atoms with Gasteiger partial charge in [0.05, 0.1) is 22.0 Å². The van der Waals surface area contributed by atoms with E-state index < -0.39 is 0 Å². The quantitative estimate of drug-likeness (QED) is 0.261. The average Bonchev–Trinajstić information content (AvgIpc) is 3.41. The second kappa shape index (κ2) is 10.6. The second-order valence-corrected chi connectivity index (χ2v) is 9.55. The lowest BCUT2D eigenvalue weighted by Crippen LogP contribution is -2.29. The molecule has 2 amide bonds. The Hall–Kier alpha value is -3.50. The van der Waals surface area contributed by atoms with Crippen molar-refractivity contribution in [2.45, 2.75) is 31.6 Å². The van der Waals surface area contributed by atoms with Crippen molar-refractivity contribution in [3.8, 4) is 0 Å². The SMILES string of the molecule is C=CCn1c(SCC(=O)Nc2nc3ccccc3s2)nnc1C(C)NC(=O)c1ccccc1C. The molecule has 0 aliphatic carbocycles. The van der Waals surface area contributed by atoms with Crippen LogP contribution in [0.1, 0.15) is 34.7 Å². The minimum absolute atomic E-state index is 0.148. The number of aromatic nitrogens is 4. The highest BCUT2D eigenvalue weighted by molar-refractivity contribution is 7.99. The summed E-state index contributed by atoms with van der Waals surface area (Å²) in [6.45, 7) is 8.01. The molecule has 2 heterocycles. The monoisotopic (exact) mass is 492 g/mol. The summed E-state index contributed by atoms with van der Waals surface area (Å²) in [6.07, 6.45) is 1.73. The smallest absolute Gasteiger partial charge is 0.252 e. The van der Waals surface area contributed by atoms with Crippen molar-refractivity contribution >= 4 is 50.3 Å². The number of amides is 2. The zero-order valence-electron chi connectivity index (χ0n) is 18.8. The first-order valence-electron chi connectivity index (χ1n) is 10.6. The molecule has 4 rings (SSSR count). The number of hydrogen-bond donors (Lipinski definition) is 2. The van der Waals surface area contributed by atoms with E-state index in [2.05, 4.69) is 32.4 Å². The minimum Gasteiger partial charge on any atom is -0.342 e. The van der Waals surface area contributed by atoms with E-state index in [0.29, 0.717) is 28.2 Å². The molecule has 0 saturated heterocycles. The average molecular weight is 493 g/mol. The first kappa shape index (κ1) is 23.7. The summed E-state index contributed by atoms with van der Waals surface area (Å²) in [6, 6.07) is 14.8. The van der Waals surface area contributed by atoms with E-state index >= 15 is 0 Å². The van der Waals surface area contributed by atoms with Crippen molar-refractivity contribution in [2.75, 3.05) is 11.1 Å². The molecule has 1 unspecified atom stereocenters. The van der Waals surface area contributed by atoms with Crippen molar-refractivity contribution in [3.63, 3.8) is 0 Å². The van der Waals surface area contributed by atoms with E-state index in [9.17, 15) is 9.59 Å². The van der Waals surface area contributed by atoms with Crippen molar-refractivity contribution in [3.05, 3.63) is 78.1 Å². The molecule has 1 atom stereocenters. The number of benzene rings is 2. The van der Waals surface area contributed by atoms with Crippen LogP contribution in [0.4, 0.5) is 5.13 Å². The van der Waals surface area contributed by atoms with Crippen LogP contribution in [0.3, 0.4) is 0 Å². The van der Waals surface area contributed by atoms with Crippen LogP contribution in [0, 0.1) is 6.92 Å². The number of aryl methyl sites for hydroxylation is 1. The number of allylic oxidation sites excluding steroid dienone is 1. The number of carbonyl (C=O) groups excluding carboxylic acids is 2. The van der Waals surface area contributed by atoms with Gasteiger partial charge in [0.15, 0.2) is 16.1 Å². The largest absolute Gasteiger partial charge is 0.342 e. The zero-order chi connectivity index (χ0) is 24.1. The van der Waals surface area contributed by atoms with Gasteiger partial charge in [-0.15, -0.1) is 16.8 Å². The van der Waals surface area contributed by atoms with Crippen LogP contribution in [-0.2, 0) is 11.3 Å². The van der Waals surface area contributed by atoms with Crippen LogP contribution in [0.2, 0.25) is 0 Å². The van der Waals surface area contributed by atoms with Crippen LogP contribution in [0.25, 0.3) is 10.2 Å². The van der Waals surface area contributed by atoms with Gasteiger partial charge in [0.25, 0.3) is 5.91 Å². The molecule has 8 nitrogen and oxygen atoms in total. The lowest BCUT2D eigenvalue weighted by Gasteiger charge is -2.16. The number of nitrogens with zero attached hydrogens (tertiary/aromatic N) is 4. The first-order chi connectivity index (χ1) is 16.5. The number of thiazole rings is 1. The second-order valence-electron chi connectivity index (χ2n) is 7.57. The Morgan fingerprint density at radius 2 is 1.94 bits per heavy atom. The maximum absolute atomic E-state index is 12.7. The molecule has 0 fully saturated rings. The summed E-state index contributed by atoms with van der Waals surface area (Å²) < 4.78 is 2.87. The molecule has 2 N–H and O–H groups in total. The van der Waals surface area contributed by atoms with E-state index in [1.807, 2.05) is 60.9 Å². The number of carbonyl (C=O) groups is 2. The van der Waals surface area contributed by atoms with Crippen molar-refractivity contribution in [1.82, 2.24) is 25.1 Å². The molecule has 10 heteroatoms. The third-order valence-electron chi connectivity index (χ3n) is 5.05. The predicted molar refractivity (Wildman–Crippen MR) is 136 cm³/mol. The summed E-state index contributed by atoms with van der Waals surface area (Å²) in [5.41, 5.74) is 2.37. The molecular weight excluding hydrogens is 468 g/mol. The number of anilines is 1. The van der Waals surface area contributed by atoms with E-state index in [0.717, 1.165) is 15.8 Å². The molecule has 0 aliphatic rings. The predicted octanol–water partition coefficient (Wildman–Crippen LogP) is 4.60. The fourth-order valence-electron chi connectivity index (χ4n) is 3.41. The minimum atomic E-state index is -0.384. The first-order valence-corrected chi connectivity index (χ1v) is 12.4. The van der Waals surface area contributed by atoms with Gasteiger partial charge in [-0.1, -0.05) is 59.5 Å². The molecule has 0 radical (unpaired) electrons. The van der Waals surface area contributed by atoms with Gasteiger partial charge in [0.2, 0.25) is 5.91 Å². The summed E-state index contributed by atoms with van der Waals surface area (Å²) >= 11 is 2.70. The van der Waals surface area contributed by atoms with Gasteiger partial charge < -0.3 is 15.2 Å². The zero-order valence-corrected chi connectivity index (χ0v) is 20.4. The fraction of sp³-hybridized carbons (Fsp3) is 0.208. The van der Waals surface area contributed by atoms with Crippen LogP contribution < -0.4 is 10.6 Å². The summed E-state index contributed by atoms with van der Waals surface area (Å²) in [7, 11) is 0. The number of para-hydroxylation sites is 1. The van der Waals surface area contributed by atoms with E-state index in [-0.39, 0.29) is 23.6 Å². The third-order valence-corrected chi connectivity index (χ3v) is 6.97. The highest BCUT2D eigenvalue weighted by atomic mass is 32.2. The van der Waals surface area contributed by atoms with Gasteiger partial charge in [-0.25, -0.2) is 4.98 Å². The standard InChI is InChI=1S/C24H24N6O2S2/c1-4-13-30-21(16(3)25-22(32)17-10-6-5-9-15(17)2)28-29-24(30)33-14-20(31)27-23-26-18-11-7-8-12-19(18)34-23/h4-12,16H,1,13-14H2,2-3H3,(H,25,32)(H,26,27,31). The number of fused-ring (bicyclic) bond motifs is 1. The van der Waals surface area contributed by atoms with Crippen LogP contribution >= 0.6 is 23.1 Å². The molecule has 34 heavy (non-hydrogen) atoms. The van der Waals surface area contributed by atoms with Gasteiger partial charge in [-0.3, -0.25) is 9.59 Å². The molecule has 0 saturated carbocycles. The highest BCUT2D eigenvalue weighted by Crippen LogP contribution is 2.26. The Kier molecular flexibility index (Phi) is 7.39. The molecule has 0 aliphatic heterocycles. The van der Waals surface area contributed by atoms with E-state index in [1.54, 1.807) is 12.1 Å². The Bertz CT molecular complexity index is 1310. The summed E-state index contributed by atoms with van der Waals surface area (Å²) in [4.78, 5) is 29.7. The third kappa shape index (κ3) is 5.35. The summed E-state index contributed by atoms with van der Waals surface area (Å²) in [5, 5.41) is 15.5. The van der Waals surface area contributed by atoms with Gasteiger partial charge >= 0.3 is 0 Å². The van der Waals surface area contributed by atoms with Crippen molar-refractivity contribution in [2.24, 2.45) is 0 Å². The van der Waals surface area contributed by atoms with Crippen LogP contribution in [0.15, 0.2) is 66.3 Å². The molecule has 0 spiro atoms. The molecule has 2 aromatic heterocycles. The van der Waals surface area contributed by atoms with E-state index in [4.69, 9.17) is 0 Å². The van der Waals surface area contributed by atoms with Gasteiger partial charge in [-0.05, 0) is 37.6 Å². The van der Waals surface area contributed by atoms with Crippen LogP contribution in [-0.4, -0.2) is 37.3 Å². The fourth-order valence-corrected chi connectivity index (χ4v) is 5.04. The normalized spacial score (nSPS) is 11.8. The number of nitrogens with one attached hydrogen (secondary N) is 2. The van der Waals surface area contributed by atoms with Crippen molar-refractivity contribution < 1.29 is 9.59 Å². The number of hydrogen-bond acceptors (Lipinski definition) is 7. The Morgan fingerprint density at radius 3 is 2.71 bits per heavy atom. The summed E-state index contributed by atoms with van der Waals surface area (Å²) in [5.74, 6) is 0.383. The number of thioether (sulfide) groups is 1. The molecule has 4 aromatic rings. The van der Waals surface area contributed by atoms with Gasteiger partial charge in [-0.2, -0.15) is 0 Å². The molecule has 0 bridgehead atoms. The molecule has 174 valence electrons. The van der Waals surface area contributed by atoms with Gasteiger partial charge in [0.1, 0.15) is 0 Å².